The fraction of sp³-hybridized carbons (Fsp3) is 0.0667. The van der Waals surface area contributed by atoms with Gasteiger partial charge in [0.05, 0.1) is 4.92 Å². The molecule has 0 aliphatic rings. The van der Waals surface area contributed by atoms with Crippen LogP contribution in [0.3, 0.4) is 0 Å². The number of hydrogen-bond acceptors (Lipinski definition) is 4. The number of amides is 1. The zero-order valence-corrected chi connectivity index (χ0v) is 15.5. The largest absolute Gasteiger partial charge is 0.332 e. The number of carbonyl (C=O) groups excluding carboxylic acids is 1. The van der Waals surface area contributed by atoms with Gasteiger partial charge in [0.1, 0.15) is 5.02 Å². The third-order valence-corrected chi connectivity index (χ3v) is 4.05. The Labute approximate surface area is 156 Å². The summed E-state index contributed by atoms with van der Waals surface area (Å²) < 4.78 is 0.770. The van der Waals surface area contributed by atoms with Crippen LogP contribution in [0.15, 0.2) is 40.9 Å². The molecule has 0 aromatic heterocycles. The van der Waals surface area contributed by atoms with E-state index in [1.165, 1.54) is 12.1 Å². The zero-order chi connectivity index (χ0) is 17.9. The number of aryl methyl sites for hydroxylation is 1. The van der Waals surface area contributed by atoms with Gasteiger partial charge in [-0.3, -0.25) is 20.2 Å². The van der Waals surface area contributed by atoms with Crippen LogP contribution < -0.4 is 10.6 Å². The summed E-state index contributed by atoms with van der Waals surface area (Å²) in [5.41, 5.74) is 1.30. The van der Waals surface area contributed by atoms with E-state index in [0.29, 0.717) is 16.8 Å². The summed E-state index contributed by atoms with van der Waals surface area (Å²) in [4.78, 5) is 22.4. The van der Waals surface area contributed by atoms with Gasteiger partial charge in [-0.1, -0.05) is 33.6 Å². The van der Waals surface area contributed by atoms with Crippen LogP contribution in [-0.2, 0) is 0 Å². The molecule has 0 atom stereocenters. The summed E-state index contributed by atoms with van der Waals surface area (Å²) in [6, 6.07) is 9.57. The van der Waals surface area contributed by atoms with E-state index < -0.39 is 4.92 Å². The molecule has 124 valence electrons. The van der Waals surface area contributed by atoms with Crippen molar-refractivity contribution in [3.8, 4) is 0 Å². The fourth-order valence-electron chi connectivity index (χ4n) is 1.90. The third kappa shape index (κ3) is 4.50. The summed E-state index contributed by atoms with van der Waals surface area (Å²) in [7, 11) is 0. The molecule has 2 rings (SSSR count). The maximum atomic E-state index is 12.1. The summed E-state index contributed by atoms with van der Waals surface area (Å²) in [6.07, 6.45) is 0. The molecule has 0 bridgehead atoms. The fourth-order valence-corrected chi connectivity index (χ4v) is 2.73. The molecule has 2 N–H and O–H groups in total. The molecule has 0 saturated heterocycles. The number of hydrogen-bond donors (Lipinski definition) is 2. The second-order valence-corrected chi connectivity index (χ2v) is 6.53. The van der Waals surface area contributed by atoms with Crippen LogP contribution in [0.25, 0.3) is 0 Å². The number of rotatable bonds is 3. The van der Waals surface area contributed by atoms with Crippen LogP contribution in [-0.4, -0.2) is 15.9 Å². The Balaban J connectivity index is 2.11. The Morgan fingerprint density at radius 2 is 2.04 bits per heavy atom. The summed E-state index contributed by atoms with van der Waals surface area (Å²) in [5, 5.41) is 16.2. The molecule has 0 unspecified atom stereocenters. The molecule has 24 heavy (non-hydrogen) atoms. The first-order chi connectivity index (χ1) is 11.3. The molecule has 2 aromatic rings. The Kier molecular flexibility index (Phi) is 5.87. The van der Waals surface area contributed by atoms with Crippen molar-refractivity contribution in [2.24, 2.45) is 0 Å². The van der Waals surface area contributed by atoms with Crippen LogP contribution in [0.1, 0.15) is 15.9 Å². The standard InChI is InChI=1S/C15H11BrClN3O3S/c1-8-5-13(20(22)23)11(17)7-12(8)18-15(24)19-14(21)9-3-2-4-10(16)6-9/h2-7H,1H3,(H2,18,19,21,24). The lowest BCUT2D eigenvalue weighted by atomic mass is 10.2. The van der Waals surface area contributed by atoms with Crippen LogP contribution in [0.5, 0.6) is 0 Å². The molecule has 0 saturated carbocycles. The van der Waals surface area contributed by atoms with E-state index in [1.807, 2.05) is 0 Å². The van der Waals surface area contributed by atoms with Gasteiger partial charge in [-0.05, 0) is 49.0 Å². The molecule has 0 spiro atoms. The van der Waals surface area contributed by atoms with Gasteiger partial charge in [-0.25, -0.2) is 0 Å². The van der Waals surface area contributed by atoms with Crippen molar-refractivity contribution in [3.63, 3.8) is 0 Å². The molecular weight excluding hydrogens is 418 g/mol. The molecule has 0 heterocycles. The first-order valence-electron chi connectivity index (χ1n) is 6.60. The topological polar surface area (TPSA) is 84.3 Å². The second-order valence-electron chi connectivity index (χ2n) is 4.79. The summed E-state index contributed by atoms with van der Waals surface area (Å²) >= 11 is 14.3. The lowest BCUT2D eigenvalue weighted by Gasteiger charge is -2.12. The minimum Gasteiger partial charge on any atom is -0.332 e. The van der Waals surface area contributed by atoms with Crippen molar-refractivity contribution in [2.45, 2.75) is 6.92 Å². The number of anilines is 1. The maximum absolute atomic E-state index is 12.1. The minimum absolute atomic E-state index is 0.0192. The minimum atomic E-state index is -0.563. The van der Waals surface area contributed by atoms with Gasteiger partial charge in [0.15, 0.2) is 5.11 Å². The first kappa shape index (κ1) is 18.3. The highest BCUT2D eigenvalue weighted by molar-refractivity contribution is 9.10. The van der Waals surface area contributed by atoms with E-state index >= 15 is 0 Å². The van der Waals surface area contributed by atoms with E-state index in [4.69, 9.17) is 23.8 Å². The van der Waals surface area contributed by atoms with Crippen molar-refractivity contribution in [1.29, 1.82) is 0 Å². The zero-order valence-electron chi connectivity index (χ0n) is 12.3. The van der Waals surface area contributed by atoms with Crippen LogP contribution in [0.2, 0.25) is 5.02 Å². The van der Waals surface area contributed by atoms with Crippen molar-refractivity contribution < 1.29 is 9.72 Å². The van der Waals surface area contributed by atoms with Crippen molar-refractivity contribution in [3.05, 3.63) is 67.1 Å². The van der Waals surface area contributed by atoms with Gasteiger partial charge in [0.2, 0.25) is 0 Å². The number of nitro groups is 1. The van der Waals surface area contributed by atoms with Gasteiger partial charge in [-0.2, -0.15) is 0 Å². The van der Waals surface area contributed by atoms with Gasteiger partial charge in [-0.15, -0.1) is 0 Å². The van der Waals surface area contributed by atoms with Gasteiger partial charge < -0.3 is 5.32 Å². The Hall–Kier alpha value is -2.03. The SMILES string of the molecule is Cc1cc([N+](=O)[O-])c(Cl)cc1NC(=S)NC(=O)c1cccc(Br)c1. The molecule has 2 aromatic carbocycles. The first-order valence-corrected chi connectivity index (χ1v) is 8.18. The highest BCUT2D eigenvalue weighted by Gasteiger charge is 2.16. The monoisotopic (exact) mass is 427 g/mol. The predicted molar refractivity (Wildman–Crippen MR) is 101 cm³/mol. The normalized spacial score (nSPS) is 10.1. The van der Waals surface area contributed by atoms with Crippen LogP contribution in [0, 0.1) is 17.0 Å². The van der Waals surface area contributed by atoms with Crippen molar-refractivity contribution in [2.75, 3.05) is 5.32 Å². The molecular formula is C15H11BrClN3O3S. The molecule has 0 aliphatic carbocycles. The lowest BCUT2D eigenvalue weighted by molar-refractivity contribution is -0.384. The van der Waals surface area contributed by atoms with Crippen LogP contribution >= 0.6 is 39.7 Å². The number of thiocarbonyl (C=S) groups is 1. The van der Waals surface area contributed by atoms with E-state index in [0.717, 1.165) is 4.47 Å². The van der Waals surface area contributed by atoms with Gasteiger partial charge >= 0.3 is 0 Å². The van der Waals surface area contributed by atoms with Crippen molar-refractivity contribution in [1.82, 2.24) is 5.32 Å². The highest BCUT2D eigenvalue weighted by atomic mass is 79.9. The number of nitrogens with one attached hydrogen (secondary N) is 2. The quantitative estimate of drug-likeness (QED) is 0.429. The summed E-state index contributed by atoms with van der Waals surface area (Å²) in [6.45, 7) is 1.67. The van der Waals surface area contributed by atoms with Gasteiger partial charge in [0, 0.05) is 21.8 Å². The van der Waals surface area contributed by atoms with E-state index in [2.05, 4.69) is 26.6 Å². The number of nitrogens with zero attached hydrogens (tertiary/aromatic N) is 1. The molecule has 6 nitrogen and oxygen atoms in total. The highest BCUT2D eigenvalue weighted by Crippen LogP contribution is 2.30. The number of benzene rings is 2. The third-order valence-electron chi connectivity index (χ3n) is 3.05. The van der Waals surface area contributed by atoms with E-state index in [9.17, 15) is 14.9 Å². The predicted octanol–water partition coefficient (Wildman–Crippen LogP) is 4.45. The average molecular weight is 429 g/mol. The van der Waals surface area contributed by atoms with Crippen LogP contribution in [0.4, 0.5) is 11.4 Å². The molecule has 0 aliphatic heterocycles. The molecule has 0 radical (unpaired) electrons. The smallest absolute Gasteiger partial charge is 0.288 e. The lowest BCUT2D eigenvalue weighted by Crippen LogP contribution is -2.34. The number of nitro benzene ring substituents is 1. The molecule has 9 heteroatoms. The van der Waals surface area contributed by atoms with E-state index in [1.54, 1.807) is 31.2 Å². The maximum Gasteiger partial charge on any atom is 0.288 e. The number of halogens is 2. The average Bonchev–Trinajstić information content (AvgIpc) is 2.50. The molecule has 0 fully saturated rings. The summed E-state index contributed by atoms with van der Waals surface area (Å²) in [5.74, 6) is -0.375. The van der Waals surface area contributed by atoms with Crippen molar-refractivity contribution >= 4 is 62.1 Å². The van der Waals surface area contributed by atoms with E-state index in [-0.39, 0.29) is 21.7 Å². The van der Waals surface area contributed by atoms with Gasteiger partial charge in [0.25, 0.3) is 11.6 Å². The second kappa shape index (κ2) is 7.69. The Morgan fingerprint density at radius 3 is 2.67 bits per heavy atom. The Morgan fingerprint density at radius 1 is 1.33 bits per heavy atom. The molecule has 1 amide bonds. The number of carbonyl (C=O) groups is 1. The Bertz CT molecular complexity index is 845.